The van der Waals surface area contributed by atoms with Crippen LogP contribution in [0.2, 0.25) is 0 Å². The second kappa shape index (κ2) is 6.87. The Bertz CT molecular complexity index is 679. The van der Waals surface area contributed by atoms with Gasteiger partial charge in [-0.3, -0.25) is 4.79 Å². The molecule has 5 heteroatoms. The van der Waals surface area contributed by atoms with Gasteiger partial charge in [-0.25, -0.2) is 0 Å². The quantitative estimate of drug-likeness (QED) is 0.822. The van der Waals surface area contributed by atoms with Gasteiger partial charge < -0.3 is 18.8 Å². The molecule has 0 aliphatic carbocycles. The summed E-state index contributed by atoms with van der Waals surface area (Å²) in [6, 6.07) is 11.5. The van der Waals surface area contributed by atoms with Crippen LogP contribution in [0.5, 0.6) is 5.75 Å². The summed E-state index contributed by atoms with van der Waals surface area (Å²) in [5.41, 5.74) is 0.954. The number of rotatable bonds is 6. The number of ether oxygens (including phenoxy) is 2. The predicted molar refractivity (Wildman–Crippen MR) is 85.4 cm³/mol. The normalized spacial score (nSPS) is 16.0. The summed E-state index contributed by atoms with van der Waals surface area (Å²) in [7, 11) is 1.63. The number of methoxy groups -OCH3 is 1. The van der Waals surface area contributed by atoms with Gasteiger partial charge in [0.15, 0.2) is 0 Å². The van der Waals surface area contributed by atoms with Crippen molar-refractivity contribution in [3.63, 3.8) is 0 Å². The number of hydrogen-bond acceptors (Lipinski definition) is 4. The van der Waals surface area contributed by atoms with Crippen molar-refractivity contribution in [2.24, 2.45) is 0 Å². The first-order valence-corrected chi connectivity index (χ1v) is 7.74. The minimum Gasteiger partial charge on any atom is -0.492 e. The highest BCUT2D eigenvalue weighted by Crippen LogP contribution is 2.34. The number of amides is 1. The lowest BCUT2D eigenvalue weighted by Gasteiger charge is -2.24. The van der Waals surface area contributed by atoms with Crippen molar-refractivity contribution in [1.29, 1.82) is 0 Å². The molecule has 0 bridgehead atoms. The molecule has 1 aliphatic rings. The largest absolute Gasteiger partial charge is 0.492 e. The van der Waals surface area contributed by atoms with E-state index < -0.39 is 0 Å². The molecule has 122 valence electrons. The molecular weight excluding hydrogens is 294 g/mol. The number of benzene rings is 1. The second-order valence-corrected chi connectivity index (χ2v) is 5.67. The predicted octanol–water partition coefficient (Wildman–Crippen LogP) is 2.74. The Morgan fingerprint density at radius 2 is 2.13 bits per heavy atom. The first-order chi connectivity index (χ1) is 11.2. The molecule has 0 saturated carbocycles. The van der Waals surface area contributed by atoms with E-state index in [0.717, 1.165) is 22.8 Å². The Balaban J connectivity index is 1.77. The van der Waals surface area contributed by atoms with Crippen molar-refractivity contribution in [3.8, 4) is 5.75 Å². The molecular formula is C18H21NO4. The summed E-state index contributed by atoms with van der Waals surface area (Å²) in [6.07, 6.45) is 0. The van der Waals surface area contributed by atoms with E-state index in [-0.39, 0.29) is 11.8 Å². The van der Waals surface area contributed by atoms with Crippen LogP contribution in [0.1, 0.15) is 23.0 Å². The smallest absolute Gasteiger partial charge is 0.234 e. The van der Waals surface area contributed by atoms with Crippen LogP contribution in [0, 0.1) is 6.92 Å². The molecule has 23 heavy (non-hydrogen) atoms. The maximum Gasteiger partial charge on any atom is 0.234 e. The minimum absolute atomic E-state index is 0.0426. The molecule has 0 unspecified atom stereocenters. The maximum absolute atomic E-state index is 13.0. The van der Waals surface area contributed by atoms with Crippen LogP contribution in [0.25, 0.3) is 0 Å². The Labute approximate surface area is 135 Å². The van der Waals surface area contributed by atoms with E-state index in [2.05, 4.69) is 0 Å². The lowest BCUT2D eigenvalue weighted by Crippen LogP contribution is -2.37. The van der Waals surface area contributed by atoms with Crippen LogP contribution in [0.4, 0.5) is 0 Å². The van der Waals surface area contributed by atoms with E-state index in [1.165, 1.54) is 0 Å². The van der Waals surface area contributed by atoms with Crippen molar-refractivity contribution in [3.05, 3.63) is 53.5 Å². The minimum atomic E-state index is -0.265. The first-order valence-electron chi connectivity index (χ1n) is 7.74. The fraction of sp³-hybridized carbons (Fsp3) is 0.389. The molecule has 1 aliphatic heterocycles. The van der Waals surface area contributed by atoms with E-state index in [4.69, 9.17) is 13.9 Å². The topological polar surface area (TPSA) is 51.9 Å². The second-order valence-electron chi connectivity index (χ2n) is 5.67. The van der Waals surface area contributed by atoms with Gasteiger partial charge in [0.25, 0.3) is 0 Å². The number of hydrogen-bond donors (Lipinski definition) is 0. The standard InChI is InChI=1S/C18H21NO4/c1-13-7-8-14(23-13)11-19(9-10-21-2)18(20)16-12-22-17-6-4-3-5-15(16)17/h3-8,16H,9-12H2,1-2H3/t16-/m0/s1. The molecule has 0 N–H and O–H groups in total. The zero-order chi connectivity index (χ0) is 16.2. The Morgan fingerprint density at radius 1 is 1.30 bits per heavy atom. The summed E-state index contributed by atoms with van der Waals surface area (Å²) in [5.74, 6) is 2.19. The summed E-state index contributed by atoms with van der Waals surface area (Å²) in [6.45, 7) is 3.73. The van der Waals surface area contributed by atoms with Crippen LogP contribution in [0.15, 0.2) is 40.8 Å². The van der Waals surface area contributed by atoms with E-state index >= 15 is 0 Å². The van der Waals surface area contributed by atoms with Crippen LogP contribution < -0.4 is 4.74 Å². The van der Waals surface area contributed by atoms with Crippen molar-refractivity contribution in [2.45, 2.75) is 19.4 Å². The SMILES string of the molecule is COCCN(Cc1ccc(C)o1)C(=O)[C@H]1COc2ccccc21. The molecule has 2 aromatic rings. The molecule has 3 rings (SSSR count). The number of carbonyl (C=O) groups excluding carboxylic acids is 1. The number of furan rings is 1. The van der Waals surface area contributed by atoms with Crippen LogP contribution in [-0.4, -0.2) is 37.7 Å². The van der Waals surface area contributed by atoms with Gasteiger partial charge in [-0.05, 0) is 25.1 Å². The third kappa shape index (κ3) is 3.40. The zero-order valence-corrected chi connectivity index (χ0v) is 13.5. The number of fused-ring (bicyclic) bond motifs is 1. The van der Waals surface area contributed by atoms with Crippen LogP contribution in [-0.2, 0) is 16.1 Å². The third-order valence-corrected chi connectivity index (χ3v) is 4.02. The molecule has 0 spiro atoms. The van der Waals surface area contributed by atoms with Crippen molar-refractivity contribution < 1.29 is 18.7 Å². The molecule has 1 amide bonds. The molecule has 0 saturated heterocycles. The summed E-state index contributed by atoms with van der Waals surface area (Å²) in [4.78, 5) is 14.7. The molecule has 5 nitrogen and oxygen atoms in total. The summed E-state index contributed by atoms with van der Waals surface area (Å²) >= 11 is 0. The van der Waals surface area contributed by atoms with E-state index in [0.29, 0.717) is 26.3 Å². The van der Waals surface area contributed by atoms with Gasteiger partial charge in [-0.1, -0.05) is 18.2 Å². The van der Waals surface area contributed by atoms with Crippen molar-refractivity contribution in [1.82, 2.24) is 4.90 Å². The Kier molecular flexibility index (Phi) is 4.67. The van der Waals surface area contributed by atoms with Gasteiger partial charge in [0.2, 0.25) is 5.91 Å². The van der Waals surface area contributed by atoms with Gasteiger partial charge in [0, 0.05) is 19.2 Å². The highest BCUT2D eigenvalue weighted by Gasteiger charge is 2.33. The monoisotopic (exact) mass is 315 g/mol. The Morgan fingerprint density at radius 3 is 2.87 bits per heavy atom. The first kappa shape index (κ1) is 15.6. The third-order valence-electron chi connectivity index (χ3n) is 4.02. The lowest BCUT2D eigenvalue weighted by molar-refractivity contribution is -0.134. The highest BCUT2D eigenvalue weighted by atomic mass is 16.5. The van der Waals surface area contributed by atoms with Crippen LogP contribution in [0.3, 0.4) is 0 Å². The lowest BCUT2D eigenvalue weighted by atomic mass is 10.00. The number of carbonyl (C=O) groups is 1. The zero-order valence-electron chi connectivity index (χ0n) is 13.5. The average Bonchev–Trinajstić information content (AvgIpc) is 3.17. The molecule has 1 atom stereocenters. The fourth-order valence-corrected chi connectivity index (χ4v) is 2.81. The molecule has 1 aromatic heterocycles. The molecule has 0 radical (unpaired) electrons. The van der Waals surface area contributed by atoms with Gasteiger partial charge >= 0.3 is 0 Å². The van der Waals surface area contributed by atoms with E-state index in [1.54, 1.807) is 12.0 Å². The molecule has 1 aromatic carbocycles. The van der Waals surface area contributed by atoms with Gasteiger partial charge in [0.1, 0.15) is 29.8 Å². The van der Waals surface area contributed by atoms with E-state index in [1.807, 2.05) is 43.3 Å². The fourth-order valence-electron chi connectivity index (χ4n) is 2.81. The number of aryl methyl sites for hydroxylation is 1. The Hall–Kier alpha value is -2.27. The molecule has 0 fully saturated rings. The van der Waals surface area contributed by atoms with Crippen molar-refractivity contribution in [2.75, 3.05) is 26.9 Å². The average molecular weight is 315 g/mol. The number of para-hydroxylation sites is 1. The van der Waals surface area contributed by atoms with Crippen LogP contribution >= 0.6 is 0 Å². The number of nitrogens with zero attached hydrogens (tertiary/aromatic N) is 1. The van der Waals surface area contributed by atoms with Gasteiger partial charge in [0.05, 0.1) is 13.2 Å². The summed E-state index contributed by atoms with van der Waals surface area (Å²) in [5, 5.41) is 0. The maximum atomic E-state index is 13.0. The van der Waals surface area contributed by atoms with Gasteiger partial charge in [-0.15, -0.1) is 0 Å². The molecule has 2 heterocycles. The summed E-state index contributed by atoms with van der Waals surface area (Å²) < 4.78 is 16.4. The van der Waals surface area contributed by atoms with E-state index in [9.17, 15) is 4.79 Å². The highest BCUT2D eigenvalue weighted by molar-refractivity contribution is 5.85. The van der Waals surface area contributed by atoms with Gasteiger partial charge in [-0.2, -0.15) is 0 Å². The van der Waals surface area contributed by atoms with Crippen molar-refractivity contribution >= 4 is 5.91 Å².